The number of nitrogens with one attached hydrogen (secondary N) is 2. The molecular formula is C21H25N3O2S. The highest BCUT2D eigenvalue weighted by Gasteiger charge is 2.61. The van der Waals surface area contributed by atoms with Gasteiger partial charge in [0.1, 0.15) is 0 Å². The van der Waals surface area contributed by atoms with Crippen molar-refractivity contribution in [1.82, 2.24) is 10.2 Å². The molecule has 0 radical (unpaired) electrons. The van der Waals surface area contributed by atoms with Crippen LogP contribution in [0, 0.1) is 11.3 Å². The number of aryl methyl sites for hydroxylation is 1. The van der Waals surface area contributed by atoms with Crippen LogP contribution in [0.3, 0.4) is 0 Å². The first-order chi connectivity index (χ1) is 13.1. The number of carbonyl (C=O) groups is 2. The summed E-state index contributed by atoms with van der Waals surface area (Å²) in [5.74, 6) is 0.167. The maximum Gasteiger partial charge on any atom is 0.321 e. The van der Waals surface area contributed by atoms with Crippen LogP contribution in [0.15, 0.2) is 41.8 Å². The molecule has 1 aromatic heterocycles. The van der Waals surface area contributed by atoms with Crippen molar-refractivity contribution in [2.45, 2.75) is 32.7 Å². The standard InChI is InChI=1S/C21H25N3O2S/c1-2-15-5-3-6-16(11-15)23-20(26)24-9-8-21(14-24)12-18(21)19(25)22-13-17-7-4-10-27-17/h3-7,10-11,18H,2,8-9,12-14H2,1H3,(H,22,25)(H,23,26)/t18-,21-/m0/s1. The van der Waals surface area contributed by atoms with Crippen LogP contribution in [-0.4, -0.2) is 29.9 Å². The number of nitrogens with zero attached hydrogens (tertiary/aromatic N) is 1. The zero-order valence-electron chi connectivity index (χ0n) is 15.5. The molecule has 27 heavy (non-hydrogen) atoms. The van der Waals surface area contributed by atoms with Crippen molar-refractivity contribution in [2.24, 2.45) is 11.3 Å². The summed E-state index contributed by atoms with van der Waals surface area (Å²) in [4.78, 5) is 28.1. The minimum absolute atomic E-state index is 0.0118. The number of thiophene rings is 1. The normalized spacial score (nSPS) is 23.4. The molecule has 0 unspecified atom stereocenters. The second-order valence-electron chi connectivity index (χ2n) is 7.57. The van der Waals surface area contributed by atoms with E-state index in [1.54, 1.807) is 11.3 Å². The van der Waals surface area contributed by atoms with Gasteiger partial charge >= 0.3 is 6.03 Å². The Kier molecular flexibility index (Phi) is 4.91. The quantitative estimate of drug-likeness (QED) is 0.823. The van der Waals surface area contributed by atoms with E-state index in [1.165, 1.54) is 10.4 Å². The van der Waals surface area contributed by atoms with Crippen LogP contribution in [0.4, 0.5) is 10.5 Å². The summed E-state index contributed by atoms with van der Waals surface area (Å²) in [6.07, 6.45) is 2.74. The van der Waals surface area contributed by atoms with Gasteiger partial charge in [-0.3, -0.25) is 4.79 Å². The predicted molar refractivity (Wildman–Crippen MR) is 108 cm³/mol. The van der Waals surface area contributed by atoms with Gasteiger partial charge in [0.25, 0.3) is 0 Å². The first-order valence-corrected chi connectivity index (χ1v) is 10.4. The third kappa shape index (κ3) is 3.86. The minimum Gasteiger partial charge on any atom is -0.351 e. The Morgan fingerprint density at radius 3 is 2.96 bits per heavy atom. The highest BCUT2D eigenvalue weighted by Crippen LogP contribution is 2.58. The number of hydrogen-bond donors (Lipinski definition) is 2. The lowest BCUT2D eigenvalue weighted by atomic mass is 10.0. The van der Waals surface area contributed by atoms with Gasteiger partial charge in [0.15, 0.2) is 0 Å². The van der Waals surface area contributed by atoms with Gasteiger partial charge in [-0.1, -0.05) is 25.1 Å². The molecule has 1 aromatic carbocycles. The molecule has 5 nitrogen and oxygen atoms in total. The Balaban J connectivity index is 1.29. The van der Waals surface area contributed by atoms with E-state index in [4.69, 9.17) is 0 Å². The first-order valence-electron chi connectivity index (χ1n) is 9.54. The number of urea groups is 1. The van der Waals surface area contributed by atoms with E-state index in [2.05, 4.69) is 23.6 Å². The summed E-state index contributed by atoms with van der Waals surface area (Å²) in [6.45, 7) is 4.08. The number of benzene rings is 1. The van der Waals surface area contributed by atoms with Gasteiger partial charge in [0.2, 0.25) is 5.91 Å². The average Bonchev–Trinajstić information content (AvgIpc) is 3.02. The largest absolute Gasteiger partial charge is 0.351 e. The smallest absolute Gasteiger partial charge is 0.321 e. The molecule has 1 aliphatic heterocycles. The lowest BCUT2D eigenvalue weighted by Crippen LogP contribution is -2.34. The van der Waals surface area contributed by atoms with Crippen LogP contribution in [0.25, 0.3) is 0 Å². The molecule has 2 N–H and O–H groups in total. The van der Waals surface area contributed by atoms with Gasteiger partial charge in [-0.2, -0.15) is 0 Å². The van der Waals surface area contributed by atoms with Crippen LogP contribution >= 0.6 is 11.3 Å². The van der Waals surface area contributed by atoms with Gasteiger partial charge in [-0.25, -0.2) is 4.79 Å². The van der Waals surface area contributed by atoms with Gasteiger partial charge in [-0.15, -0.1) is 11.3 Å². The summed E-state index contributed by atoms with van der Waals surface area (Å²) in [5, 5.41) is 8.06. The van der Waals surface area contributed by atoms with Crippen molar-refractivity contribution in [3.8, 4) is 0 Å². The van der Waals surface area contributed by atoms with Gasteiger partial charge < -0.3 is 15.5 Å². The van der Waals surface area contributed by atoms with E-state index in [-0.39, 0.29) is 23.3 Å². The zero-order chi connectivity index (χ0) is 18.9. The molecule has 2 atom stereocenters. The lowest BCUT2D eigenvalue weighted by Gasteiger charge is -2.18. The van der Waals surface area contributed by atoms with Crippen molar-refractivity contribution in [1.29, 1.82) is 0 Å². The molecule has 6 heteroatoms. The number of likely N-dealkylation sites (tertiary alicyclic amines) is 1. The van der Waals surface area contributed by atoms with E-state index in [1.807, 2.05) is 40.6 Å². The highest BCUT2D eigenvalue weighted by molar-refractivity contribution is 7.09. The summed E-state index contributed by atoms with van der Waals surface area (Å²) in [6, 6.07) is 11.9. The van der Waals surface area contributed by atoms with Crippen molar-refractivity contribution < 1.29 is 9.59 Å². The Morgan fingerprint density at radius 2 is 2.19 bits per heavy atom. The zero-order valence-corrected chi connectivity index (χ0v) is 16.3. The van der Waals surface area contributed by atoms with Gasteiger partial charge in [-0.05, 0) is 48.4 Å². The molecule has 2 aromatic rings. The molecule has 4 rings (SSSR count). The van der Waals surface area contributed by atoms with Crippen molar-refractivity contribution >= 4 is 29.0 Å². The Bertz CT molecular complexity index is 836. The summed E-state index contributed by atoms with van der Waals surface area (Å²) in [5.41, 5.74) is 2.03. The van der Waals surface area contributed by atoms with Crippen molar-refractivity contribution in [2.75, 3.05) is 18.4 Å². The average molecular weight is 384 g/mol. The second-order valence-corrected chi connectivity index (χ2v) is 8.60. The van der Waals surface area contributed by atoms with Crippen LogP contribution in [0.2, 0.25) is 0 Å². The fourth-order valence-corrected chi connectivity index (χ4v) is 4.67. The number of hydrogen-bond acceptors (Lipinski definition) is 3. The second kappa shape index (κ2) is 7.35. The number of carbonyl (C=O) groups excluding carboxylic acids is 2. The van der Waals surface area contributed by atoms with E-state index in [0.29, 0.717) is 19.6 Å². The van der Waals surface area contributed by atoms with E-state index in [0.717, 1.165) is 24.9 Å². The molecule has 1 saturated carbocycles. The van der Waals surface area contributed by atoms with E-state index in [9.17, 15) is 9.59 Å². The maximum absolute atomic E-state index is 12.6. The minimum atomic E-state index is -0.0650. The van der Waals surface area contributed by atoms with E-state index < -0.39 is 0 Å². The topological polar surface area (TPSA) is 61.4 Å². The molecule has 0 bridgehead atoms. The highest BCUT2D eigenvalue weighted by atomic mass is 32.1. The van der Waals surface area contributed by atoms with Gasteiger partial charge in [0, 0.05) is 35.0 Å². The third-order valence-corrected chi connectivity index (χ3v) is 6.66. The van der Waals surface area contributed by atoms with Crippen LogP contribution in [0.1, 0.15) is 30.2 Å². The van der Waals surface area contributed by atoms with Crippen LogP contribution < -0.4 is 10.6 Å². The number of rotatable bonds is 5. The van der Waals surface area contributed by atoms with Gasteiger partial charge in [0.05, 0.1) is 6.54 Å². The molecule has 3 amide bonds. The summed E-state index contributed by atoms with van der Waals surface area (Å²) >= 11 is 1.65. The molecule has 1 spiro atoms. The van der Waals surface area contributed by atoms with Crippen molar-refractivity contribution in [3.63, 3.8) is 0 Å². The monoisotopic (exact) mass is 383 g/mol. The number of anilines is 1. The summed E-state index contributed by atoms with van der Waals surface area (Å²) < 4.78 is 0. The Hall–Kier alpha value is -2.34. The predicted octanol–water partition coefficient (Wildman–Crippen LogP) is 3.87. The molecule has 1 aliphatic carbocycles. The van der Waals surface area contributed by atoms with E-state index >= 15 is 0 Å². The number of amides is 3. The van der Waals surface area contributed by atoms with Crippen LogP contribution in [-0.2, 0) is 17.8 Å². The summed E-state index contributed by atoms with van der Waals surface area (Å²) in [7, 11) is 0. The Morgan fingerprint density at radius 1 is 1.30 bits per heavy atom. The Labute approximate surface area is 163 Å². The molecule has 2 fully saturated rings. The fraction of sp³-hybridized carbons (Fsp3) is 0.429. The molecule has 2 aliphatic rings. The fourth-order valence-electron chi connectivity index (χ4n) is 4.02. The SMILES string of the molecule is CCc1cccc(NC(=O)N2CC[C@]3(C[C@H]3C(=O)NCc3cccs3)C2)c1. The molecule has 2 heterocycles. The van der Waals surface area contributed by atoms with Crippen LogP contribution in [0.5, 0.6) is 0 Å². The molecular weight excluding hydrogens is 358 g/mol. The lowest BCUT2D eigenvalue weighted by molar-refractivity contribution is -0.123. The maximum atomic E-state index is 12.6. The third-order valence-electron chi connectivity index (χ3n) is 5.78. The molecule has 1 saturated heterocycles. The van der Waals surface area contributed by atoms with Crippen molar-refractivity contribution in [3.05, 3.63) is 52.2 Å². The first kappa shape index (κ1) is 18.0. The molecule has 142 valence electrons.